The van der Waals surface area contributed by atoms with Crippen molar-refractivity contribution in [3.8, 4) is 0 Å². The Morgan fingerprint density at radius 2 is 2.00 bits per heavy atom. The number of hydrogen-bond donors (Lipinski definition) is 1. The van der Waals surface area contributed by atoms with E-state index in [0.29, 0.717) is 11.8 Å². The fourth-order valence-electron chi connectivity index (χ4n) is 2.72. The average molecular weight is 244 g/mol. The lowest BCUT2D eigenvalue weighted by molar-refractivity contribution is 0.459. The Kier molecular flexibility index (Phi) is 3.04. The molecule has 3 heterocycles. The Labute approximate surface area is 107 Å². The van der Waals surface area contributed by atoms with Gasteiger partial charge in [0.2, 0.25) is 0 Å². The smallest absolute Gasteiger partial charge is 0.160 e. The van der Waals surface area contributed by atoms with Gasteiger partial charge in [-0.15, -0.1) is 10.2 Å². The van der Waals surface area contributed by atoms with Crippen LogP contribution < -0.4 is 5.32 Å². The number of rotatable bonds is 2. The molecule has 4 heteroatoms. The molecule has 0 radical (unpaired) electrons. The summed E-state index contributed by atoms with van der Waals surface area (Å²) < 4.78 is 2.15. The second-order valence-corrected chi connectivity index (χ2v) is 5.43. The maximum absolute atomic E-state index is 4.28. The minimum absolute atomic E-state index is 0.406. The maximum atomic E-state index is 4.28. The van der Waals surface area contributed by atoms with Crippen molar-refractivity contribution in [2.45, 2.75) is 38.5 Å². The van der Waals surface area contributed by atoms with Crippen molar-refractivity contribution in [3.63, 3.8) is 0 Å². The minimum Gasteiger partial charge on any atom is -0.317 e. The van der Waals surface area contributed by atoms with Crippen molar-refractivity contribution in [1.82, 2.24) is 19.9 Å². The van der Waals surface area contributed by atoms with E-state index in [9.17, 15) is 0 Å². The van der Waals surface area contributed by atoms with E-state index in [0.717, 1.165) is 24.6 Å². The van der Waals surface area contributed by atoms with Crippen LogP contribution >= 0.6 is 0 Å². The molecule has 0 spiro atoms. The highest BCUT2D eigenvalue weighted by Gasteiger charge is 2.17. The molecule has 0 aromatic carbocycles. The Morgan fingerprint density at radius 3 is 2.72 bits per heavy atom. The fourth-order valence-corrected chi connectivity index (χ4v) is 2.72. The number of fused-ring (bicyclic) bond motifs is 1. The molecular formula is C14H20N4. The molecule has 3 rings (SSSR count). The highest BCUT2D eigenvalue weighted by atomic mass is 15.2. The van der Waals surface area contributed by atoms with E-state index in [4.69, 9.17) is 0 Å². The summed E-state index contributed by atoms with van der Waals surface area (Å²) in [6, 6.07) is 4.31. The lowest BCUT2D eigenvalue weighted by Crippen LogP contribution is -2.26. The summed E-state index contributed by atoms with van der Waals surface area (Å²) in [7, 11) is 0. The molecule has 96 valence electrons. The number of pyridine rings is 1. The van der Waals surface area contributed by atoms with Crippen LogP contribution in [0.3, 0.4) is 0 Å². The van der Waals surface area contributed by atoms with Gasteiger partial charge in [0.1, 0.15) is 5.82 Å². The van der Waals surface area contributed by atoms with Crippen molar-refractivity contribution < 1.29 is 0 Å². The van der Waals surface area contributed by atoms with Gasteiger partial charge in [0, 0.05) is 12.1 Å². The molecule has 0 unspecified atom stereocenters. The SMILES string of the molecule is CC(C)c1nnc2ccc(C3CCNCC3)cn12. The van der Waals surface area contributed by atoms with Crippen LogP contribution in [0.2, 0.25) is 0 Å². The van der Waals surface area contributed by atoms with Crippen molar-refractivity contribution in [2.24, 2.45) is 0 Å². The summed E-state index contributed by atoms with van der Waals surface area (Å²) in [5.74, 6) is 2.14. The summed E-state index contributed by atoms with van der Waals surface area (Å²) in [6.07, 6.45) is 4.69. The van der Waals surface area contributed by atoms with Crippen LogP contribution in [0.15, 0.2) is 18.3 Å². The number of hydrogen-bond acceptors (Lipinski definition) is 3. The third-order valence-electron chi connectivity index (χ3n) is 3.78. The Hall–Kier alpha value is -1.42. The van der Waals surface area contributed by atoms with Crippen molar-refractivity contribution >= 4 is 5.65 Å². The molecule has 2 aromatic heterocycles. The quantitative estimate of drug-likeness (QED) is 0.881. The van der Waals surface area contributed by atoms with Crippen LogP contribution in [0.1, 0.15) is 49.9 Å². The largest absolute Gasteiger partial charge is 0.317 e. The molecule has 0 amide bonds. The van der Waals surface area contributed by atoms with Crippen LogP contribution in [0, 0.1) is 0 Å². The standard InChI is InChI=1S/C14H20N4/c1-10(2)14-17-16-13-4-3-12(9-18(13)14)11-5-7-15-8-6-11/h3-4,9-11,15H,5-8H2,1-2H3. The van der Waals surface area contributed by atoms with Gasteiger partial charge in [0.15, 0.2) is 5.65 Å². The van der Waals surface area contributed by atoms with Crippen LogP contribution in [-0.2, 0) is 0 Å². The zero-order valence-corrected chi connectivity index (χ0v) is 11.1. The van der Waals surface area contributed by atoms with Gasteiger partial charge in [-0.25, -0.2) is 0 Å². The summed E-state index contributed by atoms with van der Waals surface area (Å²) in [4.78, 5) is 0. The van der Waals surface area contributed by atoms with Crippen molar-refractivity contribution in [2.75, 3.05) is 13.1 Å². The highest BCUT2D eigenvalue weighted by molar-refractivity contribution is 5.40. The van der Waals surface area contributed by atoms with Crippen LogP contribution in [0.4, 0.5) is 0 Å². The highest BCUT2D eigenvalue weighted by Crippen LogP contribution is 2.26. The van der Waals surface area contributed by atoms with E-state index in [1.807, 2.05) is 0 Å². The van der Waals surface area contributed by atoms with Gasteiger partial charge in [-0.2, -0.15) is 0 Å². The molecule has 18 heavy (non-hydrogen) atoms. The van der Waals surface area contributed by atoms with E-state index in [2.05, 4.69) is 52.1 Å². The van der Waals surface area contributed by atoms with Gasteiger partial charge in [-0.1, -0.05) is 19.9 Å². The molecule has 4 nitrogen and oxygen atoms in total. The third kappa shape index (κ3) is 2.01. The molecule has 0 aliphatic carbocycles. The van der Waals surface area contributed by atoms with Crippen LogP contribution in [0.25, 0.3) is 5.65 Å². The number of aromatic nitrogens is 3. The summed E-state index contributed by atoms with van der Waals surface area (Å²) in [5.41, 5.74) is 2.38. The van der Waals surface area contributed by atoms with E-state index < -0.39 is 0 Å². The normalized spacial score (nSPS) is 17.7. The van der Waals surface area contributed by atoms with Crippen LogP contribution in [-0.4, -0.2) is 27.7 Å². The zero-order valence-electron chi connectivity index (χ0n) is 11.1. The molecule has 0 bridgehead atoms. The van der Waals surface area contributed by atoms with E-state index >= 15 is 0 Å². The Balaban J connectivity index is 2.00. The molecule has 1 fully saturated rings. The Bertz CT molecular complexity index is 538. The van der Waals surface area contributed by atoms with E-state index in [1.165, 1.54) is 18.4 Å². The second-order valence-electron chi connectivity index (χ2n) is 5.43. The lowest BCUT2D eigenvalue weighted by Gasteiger charge is -2.23. The van der Waals surface area contributed by atoms with Crippen LogP contribution in [0.5, 0.6) is 0 Å². The van der Waals surface area contributed by atoms with Gasteiger partial charge < -0.3 is 5.32 Å². The zero-order chi connectivity index (χ0) is 12.5. The first-order chi connectivity index (χ1) is 8.75. The minimum atomic E-state index is 0.406. The van der Waals surface area contributed by atoms with E-state index in [-0.39, 0.29) is 0 Å². The Morgan fingerprint density at radius 1 is 1.22 bits per heavy atom. The molecule has 1 N–H and O–H groups in total. The second kappa shape index (κ2) is 4.69. The molecule has 0 saturated carbocycles. The first-order valence-electron chi connectivity index (χ1n) is 6.81. The summed E-state index contributed by atoms with van der Waals surface area (Å²) >= 11 is 0. The maximum Gasteiger partial charge on any atom is 0.160 e. The molecule has 1 aliphatic heterocycles. The molecule has 1 saturated heterocycles. The van der Waals surface area contributed by atoms with Gasteiger partial charge in [0.25, 0.3) is 0 Å². The first-order valence-corrected chi connectivity index (χ1v) is 6.81. The van der Waals surface area contributed by atoms with Gasteiger partial charge >= 0.3 is 0 Å². The predicted molar refractivity (Wildman–Crippen MR) is 71.9 cm³/mol. The lowest BCUT2D eigenvalue weighted by atomic mass is 9.91. The van der Waals surface area contributed by atoms with Gasteiger partial charge in [0.05, 0.1) is 0 Å². The summed E-state index contributed by atoms with van der Waals surface area (Å²) in [5, 5.41) is 11.9. The number of piperidine rings is 1. The fraction of sp³-hybridized carbons (Fsp3) is 0.571. The van der Waals surface area contributed by atoms with Crippen molar-refractivity contribution in [3.05, 3.63) is 29.7 Å². The average Bonchev–Trinajstić information content (AvgIpc) is 2.82. The molecule has 2 aromatic rings. The number of nitrogens with zero attached hydrogens (tertiary/aromatic N) is 3. The van der Waals surface area contributed by atoms with Gasteiger partial charge in [-0.05, 0) is 43.5 Å². The topological polar surface area (TPSA) is 42.2 Å². The molecular weight excluding hydrogens is 224 g/mol. The van der Waals surface area contributed by atoms with E-state index in [1.54, 1.807) is 0 Å². The molecule has 0 atom stereocenters. The number of nitrogens with one attached hydrogen (secondary N) is 1. The predicted octanol–water partition coefficient (Wildman–Crippen LogP) is 2.32. The third-order valence-corrected chi connectivity index (χ3v) is 3.78. The van der Waals surface area contributed by atoms with Gasteiger partial charge in [-0.3, -0.25) is 4.40 Å². The molecule has 1 aliphatic rings. The first kappa shape index (κ1) is 11.7. The van der Waals surface area contributed by atoms with Crippen molar-refractivity contribution in [1.29, 1.82) is 0 Å². The monoisotopic (exact) mass is 244 g/mol. The summed E-state index contributed by atoms with van der Waals surface area (Å²) in [6.45, 7) is 6.57.